The summed E-state index contributed by atoms with van der Waals surface area (Å²) in [5.41, 5.74) is 2.74. The number of rotatable bonds is 4. The Morgan fingerprint density at radius 3 is 2.19 bits per heavy atom. The molecular formula is C21H25N3O2. The highest BCUT2D eigenvalue weighted by Gasteiger charge is 2.17. The van der Waals surface area contributed by atoms with Crippen LogP contribution in [0.3, 0.4) is 0 Å². The molecule has 2 N–H and O–H groups in total. The second kappa shape index (κ2) is 8.52. The van der Waals surface area contributed by atoms with Crippen molar-refractivity contribution < 1.29 is 9.59 Å². The first-order valence-corrected chi connectivity index (χ1v) is 9.15. The second-order valence-electron chi connectivity index (χ2n) is 6.65. The van der Waals surface area contributed by atoms with Crippen molar-refractivity contribution in [3.05, 3.63) is 60.2 Å². The van der Waals surface area contributed by atoms with Crippen LogP contribution in [0.25, 0.3) is 0 Å². The minimum Gasteiger partial charge on any atom is -0.372 e. The molecule has 0 saturated carbocycles. The van der Waals surface area contributed by atoms with Crippen molar-refractivity contribution in [3.63, 3.8) is 0 Å². The minimum absolute atomic E-state index is 0.226. The molecule has 26 heavy (non-hydrogen) atoms. The van der Waals surface area contributed by atoms with E-state index in [0.717, 1.165) is 24.3 Å². The molecule has 5 nitrogen and oxygen atoms in total. The van der Waals surface area contributed by atoms with Crippen molar-refractivity contribution in [1.82, 2.24) is 5.32 Å². The zero-order valence-corrected chi connectivity index (χ0v) is 15.1. The SMILES string of the molecule is CC(NC(=O)C(=O)Nc1ccc(N2CCCCC2)cc1)c1ccccc1. The number of benzene rings is 2. The number of amides is 2. The fourth-order valence-electron chi connectivity index (χ4n) is 3.18. The van der Waals surface area contributed by atoms with Crippen LogP contribution in [0.1, 0.15) is 37.8 Å². The van der Waals surface area contributed by atoms with Crippen molar-refractivity contribution in [2.24, 2.45) is 0 Å². The Morgan fingerprint density at radius 1 is 0.885 bits per heavy atom. The highest BCUT2D eigenvalue weighted by molar-refractivity contribution is 6.39. The molecule has 1 saturated heterocycles. The fourth-order valence-corrected chi connectivity index (χ4v) is 3.18. The number of carbonyl (C=O) groups is 2. The molecule has 1 fully saturated rings. The van der Waals surface area contributed by atoms with Gasteiger partial charge in [0.15, 0.2) is 0 Å². The van der Waals surface area contributed by atoms with Crippen LogP contribution >= 0.6 is 0 Å². The Bertz CT molecular complexity index is 738. The van der Waals surface area contributed by atoms with Crippen LogP contribution in [0.2, 0.25) is 0 Å². The standard InChI is InChI=1S/C21H25N3O2/c1-16(17-8-4-2-5-9-17)22-20(25)21(26)23-18-10-12-19(13-11-18)24-14-6-3-7-15-24/h2,4-5,8-13,16H,3,6-7,14-15H2,1H3,(H,22,25)(H,23,26). The third kappa shape index (κ3) is 4.63. The van der Waals surface area contributed by atoms with Crippen LogP contribution in [0.15, 0.2) is 54.6 Å². The van der Waals surface area contributed by atoms with E-state index < -0.39 is 11.8 Å². The van der Waals surface area contributed by atoms with Crippen LogP contribution in [-0.4, -0.2) is 24.9 Å². The Kier molecular flexibility index (Phi) is 5.89. The minimum atomic E-state index is -0.654. The Balaban J connectivity index is 1.54. The predicted octanol–water partition coefficient (Wildman–Crippen LogP) is 3.49. The zero-order chi connectivity index (χ0) is 18.4. The monoisotopic (exact) mass is 351 g/mol. The average Bonchev–Trinajstić information content (AvgIpc) is 2.70. The molecule has 2 amide bonds. The van der Waals surface area contributed by atoms with E-state index in [1.54, 1.807) is 0 Å². The molecule has 0 radical (unpaired) electrons. The molecule has 1 unspecified atom stereocenters. The summed E-state index contributed by atoms with van der Waals surface area (Å²) in [6.07, 6.45) is 3.73. The molecule has 1 aliphatic heterocycles. The van der Waals surface area contributed by atoms with Crippen molar-refractivity contribution >= 4 is 23.2 Å². The smallest absolute Gasteiger partial charge is 0.313 e. The van der Waals surface area contributed by atoms with Crippen molar-refractivity contribution in [1.29, 1.82) is 0 Å². The third-order valence-electron chi connectivity index (χ3n) is 4.70. The van der Waals surface area contributed by atoms with Gasteiger partial charge in [0.1, 0.15) is 0 Å². The topological polar surface area (TPSA) is 61.4 Å². The number of piperidine rings is 1. The maximum atomic E-state index is 12.1. The summed E-state index contributed by atoms with van der Waals surface area (Å²) in [4.78, 5) is 26.6. The fraction of sp³-hybridized carbons (Fsp3) is 0.333. The van der Waals surface area contributed by atoms with Gasteiger partial charge >= 0.3 is 11.8 Å². The van der Waals surface area contributed by atoms with Crippen LogP contribution in [0, 0.1) is 0 Å². The summed E-state index contributed by atoms with van der Waals surface area (Å²) in [5, 5.41) is 5.38. The van der Waals surface area contributed by atoms with E-state index in [4.69, 9.17) is 0 Å². The molecule has 1 heterocycles. The highest BCUT2D eigenvalue weighted by Crippen LogP contribution is 2.21. The van der Waals surface area contributed by atoms with E-state index >= 15 is 0 Å². The second-order valence-corrected chi connectivity index (χ2v) is 6.65. The van der Waals surface area contributed by atoms with Gasteiger partial charge in [-0.15, -0.1) is 0 Å². The molecule has 5 heteroatoms. The van der Waals surface area contributed by atoms with Gasteiger partial charge in [-0.3, -0.25) is 9.59 Å². The van der Waals surface area contributed by atoms with Gasteiger partial charge < -0.3 is 15.5 Å². The normalized spacial score (nSPS) is 15.2. The van der Waals surface area contributed by atoms with E-state index in [1.807, 2.05) is 61.5 Å². The van der Waals surface area contributed by atoms with Crippen molar-refractivity contribution in [3.8, 4) is 0 Å². The summed E-state index contributed by atoms with van der Waals surface area (Å²) in [6.45, 7) is 4.00. The van der Waals surface area contributed by atoms with E-state index in [1.165, 1.54) is 19.3 Å². The molecule has 0 aromatic heterocycles. The molecule has 2 aromatic rings. The third-order valence-corrected chi connectivity index (χ3v) is 4.70. The number of anilines is 2. The van der Waals surface area contributed by atoms with Crippen molar-refractivity contribution in [2.75, 3.05) is 23.3 Å². The first-order valence-electron chi connectivity index (χ1n) is 9.15. The quantitative estimate of drug-likeness (QED) is 0.829. The van der Waals surface area contributed by atoms with E-state index in [2.05, 4.69) is 15.5 Å². The molecule has 3 rings (SSSR count). The molecule has 1 aliphatic rings. The summed E-state index contributed by atoms with van der Waals surface area (Å²) in [7, 11) is 0. The lowest BCUT2D eigenvalue weighted by Gasteiger charge is -2.28. The summed E-state index contributed by atoms with van der Waals surface area (Å²) in [5.74, 6) is -1.29. The summed E-state index contributed by atoms with van der Waals surface area (Å²) >= 11 is 0. The van der Waals surface area contributed by atoms with E-state index in [0.29, 0.717) is 5.69 Å². The maximum absolute atomic E-state index is 12.1. The predicted molar refractivity (Wildman–Crippen MR) is 104 cm³/mol. The van der Waals surface area contributed by atoms with Crippen LogP contribution in [0.5, 0.6) is 0 Å². The lowest BCUT2D eigenvalue weighted by atomic mass is 10.1. The van der Waals surface area contributed by atoms with Gasteiger partial charge in [0, 0.05) is 24.5 Å². The summed E-state index contributed by atoms with van der Waals surface area (Å²) < 4.78 is 0. The lowest BCUT2D eigenvalue weighted by molar-refractivity contribution is -0.136. The molecule has 136 valence electrons. The van der Waals surface area contributed by atoms with E-state index in [9.17, 15) is 9.59 Å². The van der Waals surface area contributed by atoms with Crippen LogP contribution in [0.4, 0.5) is 11.4 Å². The molecule has 0 bridgehead atoms. The van der Waals surface area contributed by atoms with Crippen LogP contribution < -0.4 is 15.5 Å². The zero-order valence-electron chi connectivity index (χ0n) is 15.1. The molecule has 0 aliphatic carbocycles. The average molecular weight is 351 g/mol. The molecule has 1 atom stereocenters. The van der Waals surface area contributed by atoms with Gasteiger partial charge in [-0.2, -0.15) is 0 Å². The van der Waals surface area contributed by atoms with Gasteiger partial charge in [-0.25, -0.2) is 0 Å². The van der Waals surface area contributed by atoms with Gasteiger partial charge in [0.05, 0.1) is 6.04 Å². The maximum Gasteiger partial charge on any atom is 0.313 e. The van der Waals surface area contributed by atoms with Gasteiger partial charge in [-0.1, -0.05) is 30.3 Å². The Morgan fingerprint density at radius 2 is 1.54 bits per heavy atom. The number of hydrogen-bond donors (Lipinski definition) is 2. The number of hydrogen-bond acceptors (Lipinski definition) is 3. The summed E-state index contributed by atoms with van der Waals surface area (Å²) in [6, 6.07) is 17.0. The molecular weight excluding hydrogens is 326 g/mol. The van der Waals surface area contributed by atoms with E-state index in [-0.39, 0.29) is 6.04 Å². The van der Waals surface area contributed by atoms with Crippen molar-refractivity contribution in [2.45, 2.75) is 32.2 Å². The Labute approximate surface area is 154 Å². The first-order chi connectivity index (χ1) is 12.6. The largest absolute Gasteiger partial charge is 0.372 e. The first kappa shape index (κ1) is 18.0. The highest BCUT2D eigenvalue weighted by atomic mass is 16.2. The van der Waals surface area contributed by atoms with Gasteiger partial charge in [-0.05, 0) is 56.0 Å². The van der Waals surface area contributed by atoms with Crippen LogP contribution in [-0.2, 0) is 9.59 Å². The lowest BCUT2D eigenvalue weighted by Crippen LogP contribution is -2.36. The number of nitrogens with one attached hydrogen (secondary N) is 2. The Hall–Kier alpha value is -2.82. The van der Waals surface area contributed by atoms with Gasteiger partial charge in [0.25, 0.3) is 0 Å². The number of nitrogens with zero attached hydrogens (tertiary/aromatic N) is 1. The van der Waals surface area contributed by atoms with Gasteiger partial charge in [0.2, 0.25) is 0 Å². The molecule has 2 aromatic carbocycles. The number of carbonyl (C=O) groups excluding carboxylic acids is 2. The molecule has 0 spiro atoms.